The van der Waals surface area contributed by atoms with E-state index in [1.807, 2.05) is 0 Å². The Morgan fingerprint density at radius 1 is 0.551 bits per heavy atom. The van der Waals surface area contributed by atoms with Crippen molar-refractivity contribution in [2.24, 2.45) is 9.98 Å². The van der Waals surface area contributed by atoms with Gasteiger partial charge in [0.2, 0.25) is 0 Å². The lowest BCUT2D eigenvalue weighted by molar-refractivity contribution is 0.660. The summed E-state index contributed by atoms with van der Waals surface area (Å²) in [5, 5.41) is 4.87. The fraction of sp³-hybridized carbons (Fsp3) is 0.0870. The van der Waals surface area contributed by atoms with E-state index in [-0.39, 0.29) is 5.41 Å². The molecule has 232 valence electrons. The van der Waals surface area contributed by atoms with Gasteiger partial charge >= 0.3 is 0 Å². The van der Waals surface area contributed by atoms with Crippen LogP contribution in [0.4, 0.5) is 5.69 Å². The van der Waals surface area contributed by atoms with E-state index < -0.39 is 0 Å². The Bertz CT molecular complexity index is 2710. The predicted molar refractivity (Wildman–Crippen MR) is 206 cm³/mol. The number of fused-ring (bicyclic) bond motifs is 8. The van der Waals surface area contributed by atoms with Gasteiger partial charge in [-0.1, -0.05) is 135 Å². The number of aliphatic imine (C=N–C) groups is 2. The highest BCUT2D eigenvalue weighted by molar-refractivity contribution is 6.51. The monoisotopic (exact) mass is 627 g/mol. The zero-order valence-corrected chi connectivity index (χ0v) is 27.5. The van der Waals surface area contributed by atoms with E-state index in [4.69, 9.17) is 9.98 Å². The molecule has 7 aromatic carbocycles. The molecule has 10 rings (SSSR count). The van der Waals surface area contributed by atoms with Crippen molar-refractivity contribution in [2.75, 3.05) is 0 Å². The smallest absolute Gasteiger partial charge is 0.160 e. The molecule has 1 aliphatic heterocycles. The Kier molecular flexibility index (Phi) is 5.98. The quantitative estimate of drug-likeness (QED) is 0.183. The molecule has 3 nitrogen and oxygen atoms in total. The Morgan fingerprint density at radius 2 is 1.27 bits per heavy atom. The van der Waals surface area contributed by atoms with E-state index >= 15 is 0 Å². The maximum absolute atomic E-state index is 5.62. The first-order valence-corrected chi connectivity index (χ1v) is 17.0. The predicted octanol–water partition coefficient (Wildman–Crippen LogP) is 11.5. The minimum Gasteiger partial charge on any atom is -0.292 e. The summed E-state index contributed by atoms with van der Waals surface area (Å²) in [7, 11) is 0. The molecule has 0 N–H and O–H groups in total. The molecule has 1 aromatic heterocycles. The van der Waals surface area contributed by atoms with Gasteiger partial charge < -0.3 is 0 Å². The molecule has 3 heteroatoms. The Morgan fingerprint density at radius 3 is 2.14 bits per heavy atom. The first kappa shape index (κ1) is 28.0. The second kappa shape index (κ2) is 10.5. The first-order chi connectivity index (χ1) is 24.1. The number of para-hydroxylation sites is 1. The van der Waals surface area contributed by atoms with Gasteiger partial charge in [0.25, 0.3) is 0 Å². The van der Waals surface area contributed by atoms with Crippen LogP contribution in [0.15, 0.2) is 162 Å². The molecule has 0 unspecified atom stereocenters. The Labute approximate surface area is 285 Å². The average Bonchev–Trinajstić information content (AvgIpc) is 3.49. The fourth-order valence-electron chi connectivity index (χ4n) is 8.23. The third kappa shape index (κ3) is 4.15. The van der Waals surface area contributed by atoms with E-state index in [9.17, 15) is 0 Å². The molecule has 1 aliphatic carbocycles. The van der Waals surface area contributed by atoms with Crippen LogP contribution < -0.4 is 0 Å². The van der Waals surface area contributed by atoms with Gasteiger partial charge in [-0.2, -0.15) is 0 Å². The number of benzene rings is 7. The van der Waals surface area contributed by atoms with Crippen molar-refractivity contribution in [1.29, 1.82) is 0 Å². The second-order valence-electron chi connectivity index (χ2n) is 13.8. The summed E-state index contributed by atoms with van der Waals surface area (Å²) in [6.07, 6.45) is 0. The van der Waals surface area contributed by atoms with Crippen LogP contribution in [0.25, 0.3) is 54.8 Å². The van der Waals surface area contributed by atoms with Gasteiger partial charge in [0.05, 0.1) is 23.3 Å². The first-order valence-electron chi connectivity index (χ1n) is 17.0. The molecule has 2 heterocycles. The summed E-state index contributed by atoms with van der Waals surface area (Å²) in [6, 6.07) is 54.8. The molecule has 0 amide bonds. The van der Waals surface area contributed by atoms with Crippen molar-refractivity contribution in [3.63, 3.8) is 0 Å². The van der Waals surface area contributed by atoms with Crippen LogP contribution >= 0.6 is 0 Å². The van der Waals surface area contributed by atoms with Gasteiger partial charge in [0.1, 0.15) is 5.71 Å². The van der Waals surface area contributed by atoms with Crippen LogP contribution in [0.1, 0.15) is 36.1 Å². The van der Waals surface area contributed by atoms with Crippen LogP contribution in [0.2, 0.25) is 0 Å². The van der Waals surface area contributed by atoms with Crippen molar-refractivity contribution in [1.82, 2.24) is 4.57 Å². The van der Waals surface area contributed by atoms with Crippen molar-refractivity contribution in [3.8, 4) is 22.3 Å². The van der Waals surface area contributed by atoms with Crippen molar-refractivity contribution in [3.05, 3.63) is 174 Å². The lowest BCUT2D eigenvalue weighted by Gasteiger charge is -2.22. The number of hydrogen-bond donors (Lipinski definition) is 0. The highest BCUT2D eigenvalue weighted by atomic mass is 15.1. The minimum absolute atomic E-state index is 0.126. The maximum atomic E-state index is 5.62. The zero-order chi connectivity index (χ0) is 32.7. The summed E-state index contributed by atoms with van der Waals surface area (Å²) >= 11 is 0. The van der Waals surface area contributed by atoms with Gasteiger partial charge in [-0.05, 0) is 80.0 Å². The molecule has 0 spiro atoms. The van der Waals surface area contributed by atoms with Crippen molar-refractivity contribution in [2.45, 2.75) is 25.8 Å². The van der Waals surface area contributed by atoms with Gasteiger partial charge in [0.15, 0.2) is 5.84 Å². The summed E-state index contributed by atoms with van der Waals surface area (Å²) in [4.78, 5) is 11.2. The van der Waals surface area contributed by atoms with Crippen LogP contribution in [0, 0.1) is 0 Å². The van der Waals surface area contributed by atoms with E-state index in [0.717, 1.165) is 39.4 Å². The third-order valence-corrected chi connectivity index (χ3v) is 10.6. The molecule has 8 aromatic rings. The molecule has 0 fully saturated rings. The number of nitrogens with zero attached hydrogens (tertiary/aromatic N) is 3. The minimum atomic E-state index is -0.126. The van der Waals surface area contributed by atoms with E-state index in [1.165, 1.54) is 54.9 Å². The van der Waals surface area contributed by atoms with Gasteiger partial charge in [-0.25, -0.2) is 4.99 Å². The lowest BCUT2D eigenvalue weighted by atomic mass is 9.82. The summed E-state index contributed by atoms with van der Waals surface area (Å²) in [5.41, 5.74) is 13.8. The van der Waals surface area contributed by atoms with E-state index in [1.54, 1.807) is 0 Å². The molecule has 0 saturated carbocycles. The Hall–Kier alpha value is -6.06. The molecule has 0 bridgehead atoms. The molecule has 0 saturated heterocycles. The average molecular weight is 628 g/mol. The number of aromatic nitrogens is 1. The van der Waals surface area contributed by atoms with Crippen LogP contribution in [0.3, 0.4) is 0 Å². The molecule has 49 heavy (non-hydrogen) atoms. The van der Waals surface area contributed by atoms with Crippen molar-refractivity contribution < 1.29 is 0 Å². The van der Waals surface area contributed by atoms with Crippen LogP contribution in [-0.4, -0.2) is 16.1 Å². The second-order valence-corrected chi connectivity index (χ2v) is 13.8. The van der Waals surface area contributed by atoms with Gasteiger partial charge in [-0.3, -0.25) is 9.56 Å². The lowest BCUT2D eigenvalue weighted by Crippen LogP contribution is -2.25. The van der Waals surface area contributed by atoms with E-state index in [2.05, 4.69) is 170 Å². The fourth-order valence-corrected chi connectivity index (χ4v) is 8.23. The molecular formula is C46H33N3. The molecular weight excluding hydrogens is 595 g/mol. The summed E-state index contributed by atoms with van der Waals surface area (Å²) < 4.78 is 2.37. The van der Waals surface area contributed by atoms with Gasteiger partial charge in [-0.15, -0.1) is 0 Å². The van der Waals surface area contributed by atoms with Gasteiger partial charge in [0, 0.05) is 21.8 Å². The summed E-state index contributed by atoms with van der Waals surface area (Å²) in [5.74, 6) is 0.870. The number of rotatable bonds is 2. The molecule has 0 radical (unpaired) electrons. The largest absolute Gasteiger partial charge is 0.292 e. The third-order valence-electron chi connectivity index (χ3n) is 10.6. The highest BCUT2D eigenvalue weighted by Crippen LogP contribution is 2.50. The molecule has 0 atom stereocenters. The topological polar surface area (TPSA) is 29.6 Å². The van der Waals surface area contributed by atoms with E-state index in [0.29, 0.717) is 6.54 Å². The SMILES string of the molecule is CC1(C)c2ccccc2-c2c(C3=Nc4ccc(-c5ccccc5)cc4CN=C3n3c4ccccc4c4cc5ccccc5cc43)cccc21. The standard InChI is InChI=1S/C46H33N3/c1-46(2)38-20-10-8-18-35(38)43-36(19-12-21-39(43)46)44-45(47-28-33-25-32(23-24-40(33)48-44)29-13-4-3-5-14-29)49-41-22-11-9-17-34(41)37-26-30-15-6-7-16-31(30)27-42(37)49/h3-27H,28H2,1-2H3. The number of hydrogen-bond acceptors (Lipinski definition) is 2. The van der Waals surface area contributed by atoms with Crippen LogP contribution in [0.5, 0.6) is 0 Å². The zero-order valence-electron chi connectivity index (χ0n) is 27.5. The van der Waals surface area contributed by atoms with Crippen molar-refractivity contribution >= 4 is 49.8 Å². The Balaban J connectivity index is 1.29. The highest BCUT2D eigenvalue weighted by Gasteiger charge is 2.38. The van der Waals surface area contributed by atoms with Crippen LogP contribution in [-0.2, 0) is 12.0 Å². The normalized spacial score (nSPS) is 14.7. The maximum Gasteiger partial charge on any atom is 0.160 e. The summed E-state index contributed by atoms with van der Waals surface area (Å²) in [6.45, 7) is 5.20. The molecule has 2 aliphatic rings.